The first kappa shape index (κ1) is 16.4. The first-order chi connectivity index (χ1) is 12.0. The van der Waals surface area contributed by atoms with Gasteiger partial charge in [-0.2, -0.15) is 0 Å². The number of benzene rings is 1. The van der Waals surface area contributed by atoms with E-state index in [0.717, 1.165) is 11.9 Å². The Morgan fingerprint density at radius 2 is 1.96 bits per heavy atom. The van der Waals surface area contributed by atoms with Gasteiger partial charge in [-0.3, -0.25) is 4.57 Å². The van der Waals surface area contributed by atoms with Crippen LogP contribution >= 0.6 is 0 Å². The fourth-order valence-electron chi connectivity index (χ4n) is 4.53. The molecule has 0 radical (unpaired) electrons. The van der Waals surface area contributed by atoms with E-state index in [1.165, 1.54) is 17.4 Å². The Morgan fingerprint density at radius 3 is 2.68 bits per heavy atom. The number of nitrogens with zero attached hydrogens (tertiary/aromatic N) is 2. The highest BCUT2D eigenvalue weighted by Gasteiger charge is 2.40. The third-order valence-electron chi connectivity index (χ3n) is 5.89. The molecule has 3 heterocycles. The van der Waals surface area contributed by atoms with Crippen LogP contribution < -0.4 is 16.3 Å². The maximum absolute atomic E-state index is 13.0. The van der Waals surface area contributed by atoms with Crippen LogP contribution in [0.5, 0.6) is 0 Å². The summed E-state index contributed by atoms with van der Waals surface area (Å²) in [6.07, 6.45) is 3.28. The largest absolute Gasteiger partial charge is 0.337 e. The van der Waals surface area contributed by atoms with E-state index in [-0.39, 0.29) is 23.8 Å². The second-order valence-corrected chi connectivity index (χ2v) is 7.77. The monoisotopic (exact) mass is 342 g/mol. The lowest BCUT2D eigenvalue weighted by Crippen LogP contribution is -2.55. The third-order valence-corrected chi connectivity index (χ3v) is 5.89. The molecule has 0 saturated carbocycles. The molecule has 2 aliphatic rings. The van der Waals surface area contributed by atoms with Gasteiger partial charge in [-0.05, 0) is 51.2 Å². The van der Waals surface area contributed by atoms with Crippen molar-refractivity contribution in [1.82, 2.24) is 19.8 Å². The van der Waals surface area contributed by atoms with Gasteiger partial charge in [0.1, 0.15) is 0 Å². The van der Waals surface area contributed by atoms with Crippen molar-refractivity contribution >= 4 is 17.1 Å². The van der Waals surface area contributed by atoms with Crippen LogP contribution in [0.2, 0.25) is 0 Å². The molecule has 2 aliphatic heterocycles. The fourth-order valence-corrected chi connectivity index (χ4v) is 4.53. The summed E-state index contributed by atoms with van der Waals surface area (Å²) in [6, 6.07) is 8.26. The van der Waals surface area contributed by atoms with Gasteiger partial charge in [-0.1, -0.05) is 19.1 Å². The lowest BCUT2D eigenvalue weighted by Gasteiger charge is -2.35. The van der Waals surface area contributed by atoms with Crippen molar-refractivity contribution in [1.29, 1.82) is 0 Å². The SMILES string of the molecule is CC1C(NC(=O)n2c(=O)n(C(C)C)c3ccccc32)CC2CCC1N2. The summed E-state index contributed by atoms with van der Waals surface area (Å²) in [5.74, 6) is 0.372. The molecule has 2 aromatic rings. The molecule has 6 heteroatoms. The summed E-state index contributed by atoms with van der Waals surface area (Å²) in [5.41, 5.74) is 1.21. The zero-order chi connectivity index (χ0) is 17.7. The second kappa shape index (κ2) is 6.02. The smallest absolute Gasteiger partial charge is 0.334 e. The van der Waals surface area contributed by atoms with Crippen molar-refractivity contribution in [3.05, 3.63) is 34.7 Å². The molecule has 1 aromatic carbocycles. The maximum atomic E-state index is 13.0. The minimum Gasteiger partial charge on any atom is -0.334 e. The van der Waals surface area contributed by atoms with Gasteiger partial charge in [0, 0.05) is 24.2 Å². The summed E-state index contributed by atoms with van der Waals surface area (Å²) in [6.45, 7) is 6.11. The first-order valence-electron chi connectivity index (χ1n) is 9.26. The van der Waals surface area contributed by atoms with Crippen LogP contribution in [0.1, 0.15) is 46.1 Å². The zero-order valence-corrected chi connectivity index (χ0v) is 15.0. The number of carbonyl (C=O) groups is 1. The van der Waals surface area contributed by atoms with Crippen LogP contribution in [0, 0.1) is 5.92 Å². The van der Waals surface area contributed by atoms with Crippen molar-refractivity contribution in [3.63, 3.8) is 0 Å². The molecule has 2 bridgehead atoms. The molecule has 2 N–H and O–H groups in total. The van der Waals surface area contributed by atoms with Gasteiger partial charge in [0.05, 0.1) is 11.0 Å². The topological polar surface area (TPSA) is 68.1 Å². The van der Waals surface area contributed by atoms with E-state index in [4.69, 9.17) is 0 Å². The molecular formula is C19H26N4O2. The van der Waals surface area contributed by atoms with Crippen molar-refractivity contribution in [2.75, 3.05) is 0 Å². The highest BCUT2D eigenvalue weighted by Crippen LogP contribution is 2.31. The van der Waals surface area contributed by atoms with Crippen molar-refractivity contribution in [2.45, 2.75) is 64.2 Å². The Kier molecular flexibility index (Phi) is 3.95. The third kappa shape index (κ3) is 2.59. The average molecular weight is 342 g/mol. The van der Waals surface area contributed by atoms with Crippen LogP contribution in [0.15, 0.2) is 29.1 Å². The number of para-hydroxylation sites is 2. The standard InChI is InChI=1S/C19H26N4O2/c1-11(2)22-16-6-4-5-7-17(16)23(19(22)25)18(24)21-15-10-13-8-9-14(20-13)12(15)3/h4-7,11-15,20H,8-10H2,1-3H3,(H,21,24). The van der Waals surface area contributed by atoms with Crippen LogP contribution in [-0.2, 0) is 0 Å². The number of amides is 1. The number of hydrogen-bond donors (Lipinski definition) is 2. The lowest BCUT2D eigenvalue weighted by molar-refractivity contribution is 0.209. The van der Waals surface area contributed by atoms with E-state index in [1.807, 2.05) is 38.1 Å². The lowest BCUT2D eigenvalue weighted by atomic mass is 9.89. The average Bonchev–Trinajstić information content (AvgIpc) is 3.10. The number of piperidine rings is 1. The number of imidazole rings is 1. The Balaban J connectivity index is 1.69. The Labute approximate surface area is 147 Å². The minimum absolute atomic E-state index is 0.0000913. The number of nitrogens with one attached hydrogen (secondary N) is 2. The van der Waals surface area contributed by atoms with Gasteiger partial charge in [-0.15, -0.1) is 0 Å². The molecule has 0 aliphatic carbocycles. The van der Waals surface area contributed by atoms with E-state index < -0.39 is 0 Å². The fraction of sp³-hybridized carbons (Fsp3) is 0.579. The minimum atomic E-state index is -0.307. The van der Waals surface area contributed by atoms with Gasteiger partial charge in [0.25, 0.3) is 0 Å². The number of rotatable bonds is 2. The first-order valence-corrected chi connectivity index (χ1v) is 9.26. The van der Waals surface area contributed by atoms with Crippen LogP contribution in [0.25, 0.3) is 11.0 Å². The van der Waals surface area contributed by atoms with Crippen molar-refractivity contribution in [2.24, 2.45) is 5.92 Å². The van der Waals surface area contributed by atoms with Crippen molar-refractivity contribution in [3.8, 4) is 0 Å². The number of hydrogen-bond acceptors (Lipinski definition) is 3. The highest BCUT2D eigenvalue weighted by atomic mass is 16.2. The molecule has 4 atom stereocenters. The summed E-state index contributed by atoms with van der Waals surface area (Å²) in [7, 11) is 0. The highest BCUT2D eigenvalue weighted by molar-refractivity contribution is 5.89. The molecule has 1 amide bonds. The van der Waals surface area contributed by atoms with Gasteiger partial charge in [0.15, 0.2) is 0 Å². The normalized spacial score (nSPS) is 28.6. The van der Waals surface area contributed by atoms with Gasteiger partial charge in [0.2, 0.25) is 0 Å². The quantitative estimate of drug-likeness (QED) is 0.881. The van der Waals surface area contributed by atoms with E-state index in [1.54, 1.807) is 4.57 Å². The summed E-state index contributed by atoms with van der Waals surface area (Å²) in [4.78, 5) is 25.9. The van der Waals surface area contributed by atoms with Crippen molar-refractivity contribution < 1.29 is 4.79 Å². The van der Waals surface area contributed by atoms with E-state index in [9.17, 15) is 9.59 Å². The zero-order valence-electron chi connectivity index (χ0n) is 15.0. The van der Waals surface area contributed by atoms with Crippen LogP contribution in [0.4, 0.5) is 4.79 Å². The number of fused-ring (bicyclic) bond motifs is 3. The maximum Gasteiger partial charge on any atom is 0.337 e. The Hall–Kier alpha value is -2.08. The molecule has 2 fully saturated rings. The summed E-state index contributed by atoms with van der Waals surface area (Å²) >= 11 is 0. The van der Waals surface area contributed by atoms with E-state index in [0.29, 0.717) is 23.5 Å². The molecule has 6 nitrogen and oxygen atoms in total. The van der Waals surface area contributed by atoms with Gasteiger partial charge in [-0.25, -0.2) is 14.2 Å². The van der Waals surface area contributed by atoms with E-state index >= 15 is 0 Å². The Morgan fingerprint density at radius 1 is 1.24 bits per heavy atom. The predicted octanol–water partition coefficient (Wildman–Crippen LogP) is 2.47. The molecule has 4 unspecified atom stereocenters. The molecule has 2 saturated heterocycles. The molecule has 25 heavy (non-hydrogen) atoms. The molecule has 1 aromatic heterocycles. The number of aromatic nitrogens is 2. The van der Waals surface area contributed by atoms with Crippen LogP contribution in [-0.4, -0.2) is 33.3 Å². The summed E-state index contributed by atoms with van der Waals surface area (Å²) in [5, 5.41) is 6.76. The van der Waals surface area contributed by atoms with Gasteiger partial charge < -0.3 is 10.6 Å². The molecule has 0 spiro atoms. The van der Waals surface area contributed by atoms with Gasteiger partial charge >= 0.3 is 11.7 Å². The number of carbonyl (C=O) groups excluding carboxylic acids is 1. The molecule has 134 valence electrons. The van der Waals surface area contributed by atoms with E-state index in [2.05, 4.69) is 17.6 Å². The second-order valence-electron chi connectivity index (χ2n) is 7.77. The molecular weight excluding hydrogens is 316 g/mol. The Bertz CT molecular complexity index is 866. The predicted molar refractivity (Wildman–Crippen MR) is 98.0 cm³/mol. The summed E-state index contributed by atoms with van der Waals surface area (Å²) < 4.78 is 2.98. The van der Waals surface area contributed by atoms with Crippen LogP contribution in [0.3, 0.4) is 0 Å². The molecule has 4 rings (SSSR count).